The normalized spacial score (nSPS) is 24.6. The highest BCUT2D eigenvalue weighted by Crippen LogP contribution is 2.35. The van der Waals surface area contributed by atoms with Gasteiger partial charge in [-0.2, -0.15) is 13.2 Å². The number of hydrogen-bond acceptors (Lipinski definition) is 5. The number of alkyl halides is 3. The zero-order chi connectivity index (χ0) is 24.0. The van der Waals surface area contributed by atoms with Crippen LogP contribution in [0.5, 0.6) is 0 Å². The van der Waals surface area contributed by atoms with Crippen LogP contribution in [0.15, 0.2) is 24.5 Å². The van der Waals surface area contributed by atoms with Crippen molar-refractivity contribution >= 4 is 16.9 Å². The number of ether oxygens (including phenoxy) is 1. The molecule has 2 aliphatic heterocycles. The molecule has 0 radical (unpaired) electrons. The van der Waals surface area contributed by atoms with Gasteiger partial charge in [0.25, 0.3) is 0 Å². The molecule has 1 aromatic carbocycles. The van der Waals surface area contributed by atoms with Crippen molar-refractivity contribution in [3.63, 3.8) is 0 Å². The van der Waals surface area contributed by atoms with Crippen molar-refractivity contribution in [1.29, 1.82) is 0 Å². The number of anilines is 1. The lowest BCUT2D eigenvalue weighted by Gasteiger charge is -2.33. The number of nitrogen functional groups attached to an aromatic ring is 1. The largest absolute Gasteiger partial charge is 0.431 e. The number of nitrogens with one attached hydrogen (secondary N) is 1. The monoisotopic (exact) mass is 481 g/mol. The van der Waals surface area contributed by atoms with Gasteiger partial charge in [-0.3, -0.25) is 4.90 Å². The van der Waals surface area contributed by atoms with E-state index in [0.29, 0.717) is 17.9 Å². The summed E-state index contributed by atoms with van der Waals surface area (Å²) >= 11 is 0. The van der Waals surface area contributed by atoms with Gasteiger partial charge in [0.15, 0.2) is 11.6 Å². The van der Waals surface area contributed by atoms with Crippen LogP contribution in [-0.2, 0) is 23.8 Å². The minimum absolute atomic E-state index is 0.0294. The van der Waals surface area contributed by atoms with Crippen LogP contribution in [0.1, 0.15) is 23.2 Å². The number of aryl methyl sites for hydroxylation is 1. The van der Waals surface area contributed by atoms with Crippen molar-refractivity contribution in [2.45, 2.75) is 31.5 Å². The van der Waals surface area contributed by atoms with Crippen LogP contribution in [0, 0.1) is 23.5 Å². The van der Waals surface area contributed by atoms with E-state index in [2.05, 4.69) is 19.9 Å². The number of likely N-dealkylation sites (tertiary alicyclic amines) is 1. The molecule has 2 fully saturated rings. The van der Waals surface area contributed by atoms with E-state index in [0.717, 1.165) is 69.1 Å². The fraction of sp³-hybridized carbons (Fsp3) is 0.478. The van der Waals surface area contributed by atoms with E-state index in [1.54, 1.807) is 0 Å². The highest BCUT2D eigenvalue weighted by molar-refractivity contribution is 5.86. The second kappa shape index (κ2) is 8.77. The van der Waals surface area contributed by atoms with E-state index in [-0.39, 0.29) is 16.9 Å². The summed E-state index contributed by atoms with van der Waals surface area (Å²) in [5.41, 5.74) is 6.57. The molecule has 4 heterocycles. The zero-order valence-corrected chi connectivity index (χ0v) is 18.2. The molecule has 1 unspecified atom stereocenters. The summed E-state index contributed by atoms with van der Waals surface area (Å²) in [6.07, 6.45) is -0.549. The van der Waals surface area contributed by atoms with Crippen molar-refractivity contribution in [2.24, 2.45) is 11.8 Å². The van der Waals surface area contributed by atoms with E-state index in [4.69, 9.17) is 10.5 Å². The lowest BCUT2D eigenvalue weighted by Crippen LogP contribution is -2.38. The maximum atomic E-state index is 13.4. The molecule has 0 saturated carbocycles. The number of fused-ring (bicyclic) bond motifs is 3. The smallest absolute Gasteiger partial charge is 0.383 e. The summed E-state index contributed by atoms with van der Waals surface area (Å²) in [7, 11) is 0. The number of aromatic amines is 1. The summed E-state index contributed by atoms with van der Waals surface area (Å²) in [5, 5.41) is 0.180. The minimum Gasteiger partial charge on any atom is -0.383 e. The van der Waals surface area contributed by atoms with Gasteiger partial charge in [-0.15, -0.1) is 0 Å². The predicted octanol–water partition coefficient (Wildman–Crippen LogP) is 3.96. The maximum Gasteiger partial charge on any atom is 0.431 e. The van der Waals surface area contributed by atoms with Crippen molar-refractivity contribution < 1.29 is 26.7 Å². The van der Waals surface area contributed by atoms with Crippen LogP contribution in [0.4, 0.5) is 27.8 Å². The molecule has 11 heteroatoms. The molecule has 3 atom stereocenters. The summed E-state index contributed by atoms with van der Waals surface area (Å²) in [6, 6.07) is 4.16. The Morgan fingerprint density at radius 3 is 2.32 bits per heavy atom. The molecule has 1 aliphatic carbocycles. The Labute approximate surface area is 192 Å². The van der Waals surface area contributed by atoms with Gasteiger partial charge < -0.3 is 15.5 Å². The number of aromatic nitrogens is 3. The second-order valence-electron chi connectivity index (χ2n) is 9.15. The molecule has 34 heavy (non-hydrogen) atoms. The minimum atomic E-state index is -4.42. The van der Waals surface area contributed by atoms with Crippen molar-refractivity contribution in [3.05, 3.63) is 53.0 Å². The first kappa shape index (κ1) is 23.0. The van der Waals surface area contributed by atoms with Crippen LogP contribution in [0.2, 0.25) is 0 Å². The Balaban J connectivity index is 0.000000152. The van der Waals surface area contributed by atoms with Crippen molar-refractivity contribution in [2.75, 3.05) is 32.0 Å². The third-order valence-corrected chi connectivity index (χ3v) is 6.99. The van der Waals surface area contributed by atoms with Gasteiger partial charge in [0.2, 0.25) is 0 Å². The number of rotatable bonds is 1. The highest BCUT2D eigenvalue weighted by atomic mass is 19.4. The first-order chi connectivity index (χ1) is 16.2. The predicted molar refractivity (Wildman–Crippen MR) is 115 cm³/mol. The molecule has 3 aromatic rings. The average molecular weight is 481 g/mol. The van der Waals surface area contributed by atoms with E-state index < -0.39 is 23.5 Å². The number of nitrogens with zero attached hydrogens (tertiary/aromatic N) is 3. The maximum absolute atomic E-state index is 13.4. The second-order valence-corrected chi connectivity index (χ2v) is 9.15. The van der Waals surface area contributed by atoms with Crippen LogP contribution in [-0.4, -0.2) is 52.2 Å². The molecule has 0 amide bonds. The third kappa shape index (κ3) is 4.46. The first-order valence-electron chi connectivity index (χ1n) is 11.1. The Bertz CT molecular complexity index is 1180. The molecule has 3 N–H and O–H groups in total. The van der Waals surface area contributed by atoms with Gasteiger partial charge in [-0.1, -0.05) is 0 Å². The summed E-state index contributed by atoms with van der Waals surface area (Å²) < 4.78 is 68.9. The Morgan fingerprint density at radius 1 is 1.00 bits per heavy atom. The van der Waals surface area contributed by atoms with Crippen LogP contribution in [0.3, 0.4) is 0 Å². The lowest BCUT2D eigenvalue weighted by molar-refractivity contribution is -0.140. The molecular formula is C23H24F5N5O. The van der Waals surface area contributed by atoms with Crippen LogP contribution < -0.4 is 5.73 Å². The van der Waals surface area contributed by atoms with Gasteiger partial charge in [-0.05, 0) is 48.6 Å². The molecule has 2 aromatic heterocycles. The Hall–Kier alpha value is -2.79. The molecule has 2 saturated heterocycles. The Morgan fingerprint density at radius 2 is 1.68 bits per heavy atom. The SMILES string of the molecule is Fc1cc2c(cc1F)C[C@@H](N1CC3COC[C@@H]3C1)CC2.Nc1ncnc2[nH]c(C(F)(F)F)cc12. The Kier molecular flexibility index (Phi) is 5.93. The van der Waals surface area contributed by atoms with Crippen LogP contribution >= 0.6 is 0 Å². The number of hydrogen-bond donors (Lipinski definition) is 2. The molecule has 3 aliphatic rings. The summed E-state index contributed by atoms with van der Waals surface area (Å²) in [5.74, 6) is -0.0319. The zero-order valence-electron chi connectivity index (χ0n) is 18.2. The first-order valence-corrected chi connectivity index (χ1v) is 11.1. The fourth-order valence-electron chi connectivity index (χ4n) is 5.18. The number of H-pyrrole nitrogens is 1. The van der Waals surface area contributed by atoms with E-state index in [1.807, 2.05) is 0 Å². The lowest BCUT2D eigenvalue weighted by atomic mass is 9.87. The van der Waals surface area contributed by atoms with Crippen LogP contribution in [0.25, 0.3) is 11.0 Å². The third-order valence-electron chi connectivity index (χ3n) is 6.99. The molecular weight excluding hydrogens is 457 g/mol. The van der Waals surface area contributed by atoms with Gasteiger partial charge >= 0.3 is 6.18 Å². The van der Waals surface area contributed by atoms with E-state index >= 15 is 0 Å². The van der Waals surface area contributed by atoms with E-state index in [1.165, 1.54) is 12.1 Å². The molecule has 6 rings (SSSR count). The summed E-state index contributed by atoms with van der Waals surface area (Å²) in [4.78, 5) is 11.9. The molecule has 0 spiro atoms. The highest BCUT2D eigenvalue weighted by Gasteiger charge is 2.40. The number of nitrogens with two attached hydrogens (primary N) is 1. The van der Waals surface area contributed by atoms with E-state index in [9.17, 15) is 22.0 Å². The standard InChI is InChI=1S/C16H19F2NO.C7H5F3N4/c17-15-4-10-1-2-14(3-11(10)5-16(15)18)19-6-12-8-20-9-13(12)7-19;8-7(9,10)4-1-3-5(11)12-2-13-6(3)14-4/h4-5,12-14H,1-3,6-9H2;1-2H,(H3,11,12,13,14)/t12-,13?,14-;/m0./s1. The molecule has 0 bridgehead atoms. The van der Waals surface area contributed by atoms with Gasteiger partial charge in [-0.25, -0.2) is 18.7 Å². The topological polar surface area (TPSA) is 80.1 Å². The van der Waals surface area contributed by atoms with Crippen molar-refractivity contribution in [1.82, 2.24) is 19.9 Å². The van der Waals surface area contributed by atoms with Gasteiger partial charge in [0.05, 0.1) is 18.6 Å². The summed E-state index contributed by atoms with van der Waals surface area (Å²) in [6.45, 7) is 4.00. The fourth-order valence-corrected chi connectivity index (χ4v) is 5.18. The number of halogens is 5. The van der Waals surface area contributed by atoms with Gasteiger partial charge in [0.1, 0.15) is 23.5 Å². The van der Waals surface area contributed by atoms with Crippen molar-refractivity contribution in [3.8, 4) is 0 Å². The number of benzene rings is 1. The van der Waals surface area contributed by atoms with Gasteiger partial charge in [0, 0.05) is 31.0 Å². The molecule has 6 nitrogen and oxygen atoms in total. The quantitative estimate of drug-likeness (QED) is 0.515. The molecule has 182 valence electrons. The average Bonchev–Trinajstić information content (AvgIpc) is 3.49.